The van der Waals surface area contributed by atoms with Crippen LogP contribution in [-0.2, 0) is 4.79 Å². The van der Waals surface area contributed by atoms with E-state index in [4.69, 9.17) is 10.5 Å². The number of amides is 1. The van der Waals surface area contributed by atoms with Crippen molar-refractivity contribution in [1.82, 2.24) is 0 Å². The molecule has 0 aliphatic carbocycles. The van der Waals surface area contributed by atoms with Gasteiger partial charge in [-0.2, -0.15) is 0 Å². The van der Waals surface area contributed by atoms with E-state index in [0.717, 1.165) is 0 Å². The minimum Gasteiger partial charge on any atom is -0.493 e. The summed E-state index contributed by atoms with van der Waals surface area (Å²) in [5, 5.41) is 2.66. The second-order valence-electron chi connectivity index (χ2n) is 4.23. The van der Waals surface area contributed by atoms with E-state index in [1.165, 1.54) is 24.3 Å². The van der Waals surface area contributed by atoms with Crippen LogP contribution in [0.1, 0.15) is 6.42 Å². The molecular formula is C15H15FN2O2. The third-order valence-corrected chi connectivity index (χ3v) is 2.58. The molecule has 0 spiro atoms. The average molecular weight is 274 g/mol. The van der Waals surface area contributed by atoms with E-state index in [-0.39, 0.29) is 24.8 Å². The van der Waals surface area contributed by atoms with Crippen LogP contribution < -0.4 is 15.8 Å². The van der Waals surface area contributed by atoms with Crippen LogP contribution in [-0.4, -0.2) is 12.5 Å². The van der Waals surface area contributed by atoms with Crippen molar-refractivity contribution in [1.29, 1.82) is 0 Å². The van der Waals surface area contributed by atoms with Gasteiger partial charge in [-0.3, -0.25) is 4.79 Å². The van der Waals surface area contributed by atoms with E-state index in [1.54, 1.807) is 24.3 Å². The Morgan fingerprint density at radius 3 is 2.65 bits per heavy atom. The first kappa shape index (κ1) is 13.9. The van der Waals surface area contributed by atoms with Crippen LogP contribution in [0.15, 0.2) is 48.5 Å². The highest BCUT2D eigenvalue weighted by molar-refractivity contribution is 5.90. The molecule has 1 amide bonds. The zero-order valence-electron chi connectivity index (χ0n) is 10.8. The molecule has 0 aliphatic rings. The molecule has 0 aliphatic heterocycles. The summed E-state index contributed by atoms with van der Waals surface area (Å²) in [6.07, 6.45) is 0.201. The SMILES string of the molecule is Nc1cccc(OCCC(=O)Nc2ccc(F)cc2)c1. The first-order chi connectivity index (χ1) is 9.63. The van der Waals surface area contributed by atoms with Gasteiger partial charge in [0.25, 0.3) is 0 Å². The molecule has 5 heteroatoms. The van der Waals surface area contributed by atoms with Gasteiger partial charge < -0.3 is 15.8 Å². The largest absolute Gasteiger partial charge is 0.493 e. The number of ether oxygens (including phenoxy) is 1. The Balaban J connectivity index is 1.76. The number of halogens is 1. The topological polar surface area (TPSA) is 64.3 Å². The number of nitrogens with one attached hydrogen (secondary N) is 1. The number of carbonyl (C=O) groups is 1. The zero-order chi connectivity index (χ0) is 14.4. The van der Waals surface area contributed by atoms with E-state index < -0.39 is 0 Å². The lowest BCUT2D eigenvalue weighted by Crippen LogP contribution is -2.15. The fraction of sp³-hybridized carbons (Fsp3) is 0.133. The Kier molecular flexibility index (Phi) is 4.55. The molecule has 20 heavy (non-hydrogen) atoms. The summed E-state index contributed by atoms with van der Waals surface area (Å²) in [4.78, 5) is 11.6. The van der Waals surface area contributed by atoms with Gasteiger partial charge in [0.2, 0.25) is 5.91 Å². The number of hydrogen-bond acceptors (Lipinski definition) is 3. The Morgan fingerprint density at radius 1 is 1.20 bits per heavy atom. The quantitative estimate of drug-likeness (QED) is 0.824. The molecule has 2 aromatic carbocycles. The van der Waals surface area contributed by atoms with E-state index >= 15 is 0 Å². The van der Waals surface area contributed by atoms with Gasteiger partial charge in [0.1, 0.15) is 11.6 Å². The highest BCUT2D eigenvalue weighted by Crippen LogP contribution is 2.14. The van der Waals surface area contributed by atoms with Gasteiger partial charge in [-0.25, -0.2) is 4.39 Å². The molecule has 0 heterocycles. The van der Waals surface area contributed by atoms with Crippen LogP contribution in [0.2, 0.25) is 0 Å². The van der Waals surface area contributed by atoms with Crippen molar-refractivity contribution in [2.45, 2.75) is 6.42 Å². The average Bonchev–Trinajstić information content (AvgIpc) is 2.41. The molecule has 3 N–H and O–H groups in total. The third-order valence-electron chi connectivity index (χ3n) is 2.58. The van der Waals surface area contributed by atoms with Crippen LogP contribution in [0.5, 0.6) is 5.75 Å². The minimum atomic E-state index is -0.340. The molecule has 104 valence electrons. The third kappa shape index (κ3) is 4.28. The van der Waals surface area contributed by atoms with Gasteiger partial charge in [-0.05, 0) is 36.4 Å². The number of hydrogen-bond donors (Lipinski definition) is 2. The maximum atomic E-state index is 12.7. The second-order valence-corrected chi connectivity index (χ2v) is 4.23. The smallest absolute Gasteiger partial charge is 0.227 e. The molecule has 0 saturated carbocycles. The van der Waals surface area contributed by atoms with Crippen molar-refractivity contribution < 1.29 is 13.9 Å². The molecule has 0 unspecified atom stereocenters. The minimum absolute atomic E-state index is 0.194. The molecule has 2 aromatic rings. The molecule has 4 nitrogen and oxygen atoms in total. The molecule has 0 atom stereocenters. The van der Waals surface area contributed by atoms with E-state index in [1.807, 2.05) is 0 Å². The van der Waals surface area contributed by atoms with Crippen LogP contribution in [0.25, 0.3) is 0 Å². The Hall–Kier alpha value is -2.56. The van der Waals surface area contributed by atoms with Crippen molar-refractivity contribution in [3.8, 4) is 5.75 Å². The summed E-state index contributed by atoms with van der Waals surface area (Å²) in [5.41, 5.74) is 6.78. The number of anilines is 2. The first-order valence-electron chi connectivity index (χ1n) is 6.17. The van der Waals surface area contributed by atoms with E-state index in [0.29, 0.717) is 17.1 Å². The predicted octanol–water partition coefficient (Wildman–Crippen LogP) is 2.82. The van der Waals surface area contributed by atoms with Crippen molar-refractivity contribution in [3.05, 3.63) is 54.3 Å². The predicted molar refractivity (Wildman–Crippen MR) is 76.0 cm³/mol. The first-order valence-corrected chi connectivity index (χ1v) is 6.17. The lowest BCUT2D eigenvalue weighted by atomic mass is 10.3. The standard InChI is InChI=1S/C15H15FN2O2/c16-11-4-6-13(7-5-11)18-15(19)8-9-20-14-3-1-2-12(17)10-14/h1-7,10H,8-9,17H2,(H,18,19). The van der Waals surface area contributed by atoms with Gasteiger partial charge in [0.05, 0.1) is 13.0 Å². The fourth-order valence-corrected chi connectivity index (χ4v) is 1.62. The van der Waals surface area contributed by atoms with Gasteiger partial charge >= 0.3 is 0 Å². The fourth-order valence-electron chi connectivity index (χ4n) is 1.62. The molecular weight excluding hydrogens is 259 g/mol. The van der Waals surface area contributed by atoms with E-state index in [2.05, 4.69) is 5.32 Å². The summed E-state index contributed by atoms with van der Waals surface area (Å²) in [7, 11) is 0. The Morgan fingerprint density at radius 2 is 1.95 bits per heavy atom. The van der Waals surface area contributed by atoms with Gasteiger partial charge in [-0.1, -0.05) is 6.07 Å². The van der Waals surface area contributed by atoms with Crippen molar-refractivity contribution in [2.24, 2.45) is 0 Å². The second kappa shape index (κ2) is 6.56. The molecule has 0 saturated heterocycles. The van der Waals surface area contributed by atoms with Crippen molar-refractivity contribution >= 4 is 17.3 Å². The lowest BCUT2D eigenvalue weighted by molar-refractivity contribution is -0.116. The summed E-state index contributed by atoms with van der Waals surface area (Å²) in [5.74, 6) is 0.0908. The van der Waals surface area contributed by atoms with Crippen molar-refractivity contribution in [3.63, 3.8) is 0 Å². The maximum absolute atomic E-state index is 12.7. The van der Waals surface area contributed by atoms with Gasteiger partial charge in [-0.15, -0.1) is 0 Å². The summed E-state index contributed by atoms with van der Waals surface area (Å²) in [6, 6.07) is 12.6. The maximum Gasteiger partial charge on any atom is 0.227 e. The molecule has 2 rings (SSSR count). The molecule has 0 radical (unpaired) electrons. The van der Waals surface area contributed by atoms with Crippen LogP contribution in [0.4, 0.5) is 15.8 Å². The van der Waals surface area contributed by atoms with Crippen LogP contribution in [0.3, 0.4) is 0 Å². The monoisotopic (exact) mass is 274 g/mol. The van der Waals surface area contributed by atoms with Crippen LogP contribution >= 0.6 is 0 Å². The summed E-state index contributed by atoms with van der Waals surface area (Å²) >= 11 is 0. The number of benzene rings is 2. The summed E-state index contributed by atoms with van der Waals surface area (Å²) in [6.45, 7) is 0.247. The highest BCUT2D eigenvalue weighted by Gasteiger charge is 2.03. The van der Waals surface area contributed by atoms with E-state index in [9.17, 15) is 9.18 Å². The lowest BCUT2D eigenvalue weighted by Gasteiger charge is -2.07. The Labute approximate surface area is 116 Å². The van der Waals surface area contributed by atoms with Gasteiger partial charge in [0.15, 0.2) is 0 Å². The zero-order valence-corrected chi connectivity index (χ0v) is 10.8. The number of nitrogen functional groups attached to an aromatic ring is 1. The number of rotatable bonds is 5. The molecule has 0 aromatic heterocycles. The Bertz CT molecular complexity index is 585. The number of carbonyl (C=O) groups excluding carboxylic acids is 1. The molecule has 0 fully saturated rings. The van der Waals surface area contributed by atoms with Crippen molar-refractivity contribution in [2.75, 3.05) is 17.7 Å². The molecule has 0 bridgehead atoms. The number of nitrogens with two attached hydrogens (primary N) is 1. The summed E-state index contributed by atoms with van der Waals surface area (Å²) < 4.78 is 18.1. The normalized spacial score (nSPS) is 10.1. The highest BCUT2D eigenvalue weighted by atomic mass is 19.1. The van der Waals surface area contributed by atoms with Gasteiger partial charge in [0, 0.05) is 17.4 Å². The van der Waals surface area contributed by atoms with Crippen LogP contribution in [0, 0.1) is 5.82 Å².